The van der Waals surface area contributed by atoms with E-state index < -0.39 is 5.92 Å². The molecule has 132 valence electrons. The molecule has 0 radical (unpaired) electrons. The fraction of sp³-hybridized carbons (Fsp3) is 0.706. The van der Waals surface area contributed by atoms with Gasteiger partial charge >= 0.3 is 5.97 Å². The number of nitrogens with zero attached hydrogens (tertiary/aromatic N) is 1. The van der Waals surface area contributed by atoms with Crippen LogP contribution >= 0.6 is 0 Å². The van der Waals surface area contributed by atoms with Gasteiger partial charge in [-0.25, -0.2) is 0 Å². The van der Waals surface area contributed by atoms with E-state index in [0.717, 1.165) is 0 Å². The molecule has 2 fully saturated rings. The number of esters is 1. The van der Waals surface area contributed by atoms with Crippen LogP contribution in [0.3, 0.4) is 0 Å². The van der Waals surface area contributed by atoms with Crippen LogP contribution in [0.1, 0.15) is 19.3 Å². The van der Waals surface area contributed by atoms with Gasteiger partial charge < -0.3 is 19.7 Å². The van der Waals surface area contributed by atoms with Gasteiger partial charge in [0.15, 0.2) is 0 Å². The zero-order chi connectivity index (χ0) is 16.9. The third-order valence-electron chi connectivity index (χ3n) is 4.90. The molecule has 3 aliphatic rings. The van der Waals surface area contributed by atoms with Crippen molar-refractivity contribution in [2.24, 2.45) is 17.8 Å². The number of carbonyl (C=O) groups excluding carboxylic acids is 3. The van der Waals surface area contributed by atoms with Crippen molar-refractivity contribution in [3.8, 4) is 0 Å². The molecular formula is C17H24N2O5. The number of ether oxygens (including phenoxy) is 2. The number of allylic oxidation sites excluding steroid dienone is 2. The minimum atomic E-state index is -0.435. The van der Waals surface area contributed by atoms with Crippen molar-refractivity contribution >= 4 is 17.8 Å². The predicted molar refractivity (Wildman–Crippen MR) is 84.8 cm³/mol. The van der Waals surface area contributed by atoms with Crippen molar-refractivity contribution in [2.75, 3.05) is 39.5 Å². The lowest BCUT2D eigenvalue weighted by Gasteiger charge is -2.33. The fourth-order valence-corrected chi connectivity index (χ4v) is 3.46. The molecule has 2 amide bonds. The molecule has 7 heteroatoms. The highest BCUT2D eigenvalue weighted by molar-refractivity contribution is 5.86. The Bertz CT molecular complexity index is 527. The normalized spacial score (nSPS) is 30.1. The quantitative estimate of drug-likeness (QED) is 0.582. The maximum Gasteiger partial charge on any atom is 0.310 e. The van der Waals surface area contributed by atoms with Gasteiger partial charge in [-0.2, -0.15) is 0 Å². The Labute approximate surface area is 141 Å². The van der Waals surface area contributed by atoms with Gasteiger partial charge in [-0.1, -0.05) is 12.2 Å². The van der Waals surface area contributed by atoms with Crippen LogP contribution in [0.25, 0.3) is 0 Å². The summed E-state index contributed by atoms with van der Waals surface area (Å²) in [4.78, 5) is 38.2. The van der Waals surface area contributed by atoms with Gasteiger partial charge in [0.2, 0.25) is 11.8 Å². The van der Waals surface area contributed by atoms with E-state index in [1.807, 2.05) is 12.2 Å². The number of amides is 2. The first-order chi connectivity index (χ1) is 11.6. The van der Waals surface area contributed by atoms with Crippen LogP contribution in [0.15, 0.2) is 12.2 Å². The molecule has 0 aromatic carbocycles. The summed E-state index contributed by atoms with van der Waals surface area (Å²) in [5.74, 6) is -1.07. The van der Waals surface area contributed by atoms with Crippen molar-refractivity contribution in [2.45, 2.75) is 19.3 Å². The summed E-state index contributed by atoms with van der Waals surface area (Å²) in [5.41, 5.74) is 0. The zero-order valence-corrected chi connectivity index (χ0v) is 13.7. The lowest BCUT2D eigenvalue weighted by molar-refractivity contribution is -0.157. The van der Waals surface area contributed by atoms with Crippen LogP contribution in [-0.4, -0.2) is 62.1 Å². The summed E-state index contributed by atoms with van der Waals surface area (Å²) in [7, 11) is 0. The van der Waals surface area contributed by atoms with E-state index in [2.05, 4.69) is 5.32 Å². The average Bonchev–Trinajstić information content (AvgIpc) is 3.05. The molecule has 3 rings (SSSR count). The van der Waals surface area contributed by atoms with Gasteiger partial charge in [-0.15, -0.1) is 0 Å². The van der Waals surface area contributed by atoms with E-state index in [1.54, 1.807) is 4.90 Å². The molecule has 7 nitrogen and oxygen atoms in total. The first kappa shape index (κ1) is 17.0. The van der Waals surface area contributed by atoms with Crippen molar-refractivity contribution < 1.29 is 23.9 Å². The van der Waals surface area contributed by atoms with Gasteiger partial charge in [0.25, 0.3) is 0 Å². The molecule has 2 saturated heterocycles. The summed E-state index contributed by atoms with van der Waals surface area (Å²) in [6.07, 6.45) is 5.40. The topological polar surface area (TPSA) is 84.9 Å². The third kappa shape index (κ3) is 3.95. The summed E-state index contributed by atoms with van der Waals surface area (Å²) in [5, 5.41) is 2.73. The molecule has 2 aliphatic heterocycles. The Morgan fingerprint density at radius 1 is 1.21 bits per heavy atom. The number of nitrogens with one attached hydrogen (secondary N) is 1. The van der Waals surface area contributed by atoms with Crippen LogP contribution in [0.5, 0.6) is 0 Å². The van der Waals surface area contributed by atoms with E-state index >= 15 is 0 Å². The Morgan fingerprint density at radius 2 is 1.92 bits per heavy atom. The maximum absolute atomic E-state index is 12.7. The van der Waals surface area contributed by atoms with E-state index in [4.69, 9.17) is 9.47 Å². The van der Waals surface area contributed by atoms with Crippen LogP contribution in [-0.2, 0) is 23.9 Å². The first-order valence-corrected chi connectivity index (χ1v) is 8.60. The molecular weight excluding hydrogens is 312 g/mol. The highest BCUT2D eigenvalue weighted by Crippen LogP contribution is 2.29. The number of rotatable bonds is 4. The minimum Gasteiger partial charge on any atom is -0.465 e. The summed E-state index contributed by atoms with van der Waals surface area (Å²) >= 11 is 0. The molecule has 2 heterocycles. The Balaban J connectivity index is 1.57. The molecule has 24 heavy (non-hydrogen) atoms. The first-order valence-electron chi connectivity index (χ1n) is 8.60. The lowest BCUT2D eigenvalue weighted by Crippen LogP contribution is -2.47. The SMILES string of the molecule is O=C1C[C@H](COC(=O)[C@@H]2CC=CC[C@@H]2C(=O)N2CCOCC2)CN1. The van der Waals surface area contributed by atoms with E-state index in [1.165, 1.54) is 0 Å². The molecule has 0 bridgehead atoms. The monoisotopic (exact) mass is 336 g/mol. The summed E-state index contributed by atoms with van der Waals surface area (Å²) < 4.78 is 10.7. The Morgan fingerprint density at radius 3 is 2.58 bits per heavy atom. The smallest absolute Gasteiger partial charge is 0.310 e. The molecule has 1 aliphatic carbocycles. The van der Waals surface area contributed by atoms with Crippen molar-refractivity contribution in [1.29, 1.82) is 0 Å². The average molecular weight is 336 g/mol. The predicted octanol–water partition coefficient (Wildman–Crippen LogP) is 0.107. The molecule has 0 aromatic heterocycles. The van der Waals surface area contributed by atoms with Crippen LogP contribution < -0.4 is 5.32 Å². The second-order valence-corrected chi connectivity index (χ2v) is 6.60. The molecule has 0 saturated carbocycles. The highest BCUT2D eigenvalue weighted by atomic mass is 16.5. The third-order valence-corrected chi connectivity index (χ3v) is 4.90. The van der Waals surface area contributed by atoms with E-state index in [-0.39, 0.29) is 36.2 Å². The second-order valence-electron chi connectivity index (χ2n) is 6.60. The molecule has 1 N–H and O–H groups in total. The van der Waals surface area contributed by atoms with Crippen molar-refractivity contribution in [1.82, 2.24) is 10.2 Å². The minimum absolute atomic E-state index is 0.00276. The lowest BCUT2D eigenvalue weighted by atomic mass is 9.82. The van der Waals surface area contributed by atoms with Gasteiger partial charge in [0, 0.05) is 32.0 Å². The van der Waals surface area contributed by atoms with Gasteiger partial charge in [0.1, 0.15) is 0 Å². The number of hydrogen-bond acceptors (Lipinski definition) is 5. The zero-order valence-electron chi connectivity index (χ0n) is 13.7. The van der Waals surface area contributed by atoms with Crippen molar-refractivity contribution in [3.05, 3.63) is 12.2 Å². The standard InChI is InChI=1S/C17H24N2O5/c20-15-9-12(10-18-15)11-24-17(22)14-4-2-1-3-13(14)16(21)19-5-7-23-8-6-19/h1-2,12-14H,3-11H2,(H,18,20)/t12-,13-,14+/m0/s1. The summed E-state index contributed by atoms with van der Waals surface area (Å²) in [6, 6.07) is 0. The molecule has 0 spiro atoms. The molecule has 0 unspecified atom stereocenters. The van der Waals surface area contributed by atoms with Crippen molar-refractivity contribution in [3.63, 3.8) is 0 Å². The van der Waals surface area contributed by atoms with Crippen LogP contribution in [0.4, 0.5) is 0 Å². The largest absolute Gasteiger partial charge is 0.465 e. The van der Waals surface area contributed by atoms with Crippen LogP contribution in [0, 0.1) is 17.8 Å². The number of hydrogen-bond donors (Lipinski definition) is 1. The van der Waals surface area contributed by atoms with E-state index in [9.17, 15) is 14.4 Å². The molecule has 3 atom stereocenters. The number of morpholine rings is 1. The van der Waals surface area contributed by atoms with Crippen LogP contribution in [0.2, 0.25) is 0 Å². The Hall–Kier alpha value is -1.89. The van der Waals surface area contributed by atoms with Gasteiger partial charge in [0.05, 0.1) is 31.7 Å². The Kier molecular flexibility index (Phi) is 5.50. The van der Waals surface area contributed by atoms with E-state index in [0.29, 0.717) is 52.1 Å². The summed E-state index contributed by atoms with van der Waals surface area (Å²) in [6.45, 7) is 3.04. The second kappa shape index (κ2) is 7.79. The van der Waals surface area contributed by atoms with Gasteiger partial charge in [-0.3, -0.25) is 14.4 Å². The molecule has 0 aromatic rings. The fourth-order valence-electron chi connectivity index (χ4n) is 3.46. The van der Waals surface area contributed by atoms with Gasteiger partial charge in [-0.05, 0) is 12.8 Å². The maximum atomic E-state index is 12.7. The highest BCUT2D eigenvalue weighted by Gasteiger charge is 2.38. The number of carbonyl (C=O) groups is 3.